The molecule has 2 atom stereocenters. The summed E-state index contributed by atoms with van der Waals surface area (Å²) in [4.78, 5) is 10.0. The Balaban J connectivity index is 0.000000433. The summed E-state index contributed by atoms with van der Waals surface area (Å²) in [6.45, 7) is 10.2. The van der Waals surface area contributed by atoms with E-state index in [0.717, 1.165) is 5.75 Å². The average molecular weight is 296 g/mol. The molecular weight excluding hydrogens is 268 g/mol. The van der Waals surface area contributed by atoms with Gasteiger partial charge in [0.2, 0.25) is 0 Å². The number of para-hydroxylation sites is 1. The fourth-order valence-corrected chi connectivity index (χ4v) is 1.53. The van der Waals surface area contributed by atoms with Crippen molar-refractivity contribution in [1.82, 2.24) is 0 Å². The van der Waals surface area contributed by atoms with Gasteiger partial charge in [0, 0.05) is 6.04 Å². The van der Waals surface area contributed by atoms with Crippen LogP contribution in [0.3, 0.4) is 0 Å². The van der Waals surface area contributed by atoms with Crippen molar-refractivity contribution in [3.8, 4) is 5.75 Å². The number of nitrogens with two attached hydrogens (primary N) is 2. The standard InChI is InChI=1S/C11H17NO.C5H11NO2/c1-8-5-4-6-9(2)11(8)13-7-10(3)12;1-3(2)4(6)5(7)8/h4-6,10H,7,12H2,1-3H3;3-4H,6H2,1-2H3,(H,7,8). The minimum Gasteiger partial charge on any atom is -0.491 e. The monoisotopic (exact) mass is 296 g/mol. The maximum atomic E-state index is 10.0. The second-order valence-corrected chi connectivity index (χ2v) is 5.62. The maximum Gasteiger partial charge on any atom is 0.320 e. The van der Waals surface area contributed by atoms with Crippen molar-refractivity contribution >= 4 is 5.97 Å². The van der Waals surface area contributed by atoms with E-state index >= 15 is 0 Å². The molecule has 2 unspecified atom stereocenters. The lowest BCUT2D eigenvalue weighted by atomic mass is 10.1. The first-order valence-corrected chi connectivity index (χ1v) is 7.09. The molecule has 0 aliphatic carbocycles. The molecular formula is C16H28N2O3. The minimum absolute atomic E-state index is 0.0208. The Morgan fingerprint density at radius 3 is 1.95 bits per heavy atom. The molecule has 5 nitrogen and oxygen atoms in total. The van der Waals surface area contributed by atoms with Crippen LogP contribution in [0.5, 0.6) is 5.75 Å². The fourth-order valence-electron chi connectivity index (χ4n) is 1.53. The van der Waals surface area contributed by atoms with Crippen molar-refractivity contribution < 1.29 is 14.6 Å². The SMILES string of the molecule is CC(C)C(N)C(=O)O.Cc1cccc(C)c1OCC(C)N. The van der Waals surface area contributed by atoms with Crippen LogP contribution in [0.15, 0.2) is 18.2 Å². The second kappa shape index (κ2) is 9.37. The van der Waals surface area contributed by atoms with Crippen LogP contribution in [0.1, 0.15) is 31.9 Å². The predicted molar refractivity (Wildman–Crippen MR) is 85.5 cm³/mol. The van der Waals surface area contributed by atoms with Gasteiger partial charge >= 0.3 is 5.97 Å². The number of aliphatic carboxylic acids is 1. The van der Waals surface area contributed by atoms with Crippen molar-refractivity contribution in [1.29, 1.82) is 0 Å². The molecule has 0 spiro atoms. The third kappa shape index (κ3) is 7.68. The third-order valence-electron chi connectivity index (χ3n) is 2.90. The third-order valence-corrected chi connectivity index (χ3v) is 2.90. The number of hydrogen-bond acceptors (Lipinski definition) is 4. The van der Waals surface area contributed by atoms with E-state index in [1.807, 2.05) is 39.0 Å². The molecule has 1 rings (SSSR count). The second-order valence-electron chi connectivity index (χ2n) is 5.62. The zero-order chi connectivity index (χ0) is 16.6. The van der Waals surface area contributed by atoms with Crippen molar-refractivity contribution in [3.05, 3.63) is 29.3 Å². The van der Waals surface area contributed by atoms with Gasteiger partial charge in [-0.05, 0) is 37.8 Å². The van der Waals surface area contributed by atoms with E-state index in [1.165, 1.54) is 11.1 Å². The summed E-state index contributed by atoms with van der Waals surface area (Å²) >= 11 is 0. The number of carboxylic acids is 1. The first-order valence-electron chi connectivity index (χ1n) is 7.09. The molecule has 0 aromatic heterocycles. The molecule has 21 heavy (non-hydrogen) atoms. The van der Waals surface area contributed by atoms with Gasteiger partial charge in [-0.25, -0.2) is 0 Å². The Bertz CT molecular complexity index is 425. The average Bonchev–Trinajstić information content (AvgIpc) is 2.37. The first kappa shape index (κ1) is 19.4. The van der Waals surface area contributed by atoms with Crippen LogP contribution < -0.4 is 16.2 Å². The molecule has 0 saturated heterocycles. The first-order chi connectivity index (χ1) is 9.66. The summed E-state index contributed by atoms with van der Waals surface area (Å²) in [5, 5.41) is 8.23. The van der Waals surface area contributed by atoms with Gasteiger partial charge in [-0.3, -0.25) is 4.79 Å². The molecule has 0 aliphatic heterocycles. The van der Waals surface area contributed by atoms with Gasteiger partial charge < -0.3 is 21.3 Å². The summed E-state index contributed by atoms with van der Waals surface area (Å²) in [6.07, 6.45) is 0. The quantitative estimate of drug-likeness (QED) is 0.772. The van der Waals surface area contributed by atoms with Crippen molar-refractivity contribution in [2.45, 2.75) is 46.7 Å². The molecule has 5 heteroatoms. The fraction of sp³-hybridized carbons (Fsp3) is 0.562. The van der Waals surface area contributed by atoms with Crippen molar-refractivity contribution in [2.75, 3.05) is 6.61 Å². The lowest BCUT2D eigenvalue weighted by Crippen LogP contribution is -2.34. The van der Waals surface area contributed by atoms with Crippen molar-refractivity contribution in [3.63, 3.8) is 0 Å². The molecule has 0 saturated carbocycles. The molecule has 0 radical (unpaired) electrons. The molecule has 0 bridgehead atoms. The summed E-state index contributed by atoms with van der Waals surface area (Å²) in [5.41, 5.74) is 13.1. The van der Waals surface area contributed by atoms with E-state index in [1.54, 1.807) is 13.8 Å². The van der Waals surface area contributed by atoms with Gasteiger partial charge in [0.05, 0.1) is 0 Å². The Labute approximate surface area is 127 Å². The molecule has 0 heterocycles. The maximum absolute atomic E-state index is 10.0. The highest BCUT2D eigenvalue weighted by atomic mass is 16.5. The number of ether oxygens (including phenoxy) is 1. The van der Waals surface area contributed by atoms with Crippen LogP contribution in [0.4, 0.5) is 0 Å². The number of aryl methyl sites for hydroxylation is 2. The van der Waals surface area contributed by atoms with E-state index in [9.17, 15) is 4.79 Å². The summed E-state index contributed by atoms with van der Waals surface area (Å²) in [7, 11) is 0. The predicted octanol–water partition coefficient (Wildman–Crippen LogP) is 2.08. The Morgan fingerprint density at radius 2 is 1.67 bits per heavy atom. The number of rotatable bonds is 5. The highest BCUT2D eigenvalue weighted by molar-refractivity contribution is 5.73. The molecule has 5 N–H and O–H groups in total. The largest absolute Gasteiger partial charge is 0.491 e. The van der Waals surface area contributed by atoms with Gasteiger partial charge in [-0.1, -0.05) is 32.0 Å². The summed E-state index contributed by atoms with van der Waals surface area (Å²) in [5.74, 6) is 0.0623. The highest BCUT2D eigenvalue weighted by Crippen LogP contribution is 2.22. The molecule has 1 aromatic carbocycles. The van der Waals surface area contributed by atoms with Crippen LogP contribution in [-0.4, -0.2) is 29.8 Å². The van der Waals surface area contributed by atoms with Crippen LogP contribution in [-0.2, 0) is 4.79 Å². The summed E-state index contributed by atoms with van der Waals surface area (Å²) in [6, 6.07) is 5.49. The summed E-state index contributed by atoms with van der Waals surface area (Å²) < 4.78 is 5.60. The minimum atomic E-state index is -0.931. The van der Waals surface area contributed by atoms with Gasteiger partial charge in [-0.15, -0.1) is 0 Å². The normalized spacial score (nSPS) is 13.1. The topological polar surface area (TPSA) is 98.6 Å². The Morgan fingerprint density at radius 1 is 1.19 bits per heavy atom. The smallest absolute Gasteiger partial charge is 0.320 e. The van der Waals surface area contributed by atoms with E-state index in [4.69, 9.17) is 21.3 Å². The lowest BCUT2D eigenvalue weighted by molar-refractivity contribution is -0.139. The lowest BCUT2D eigenvalue weighted by Gasteiger charge is -2.13. The van der Waals surface area contributed by atoms with Crippen molar-refractivity contribution in [2.24, 2.45) is 17.4 Å². The molecule has 0 fully saturated rings. The number of benzene rings is 1. The number of carbonyl (C=O) groups is 1. The zero-order valence-electron chi connectivity index (χ0n) is 13.6. The molecule has 1 aromatic rings. The molecule has 0 amide bonds. The van der Waals surface area contributed by atoms with E-state index in [0.29, 0.717) is 6.61 Å². The van der Waals surface area contributed by atoms with Gasteiger partial charge in [0.1, 0.15) is 18.4 Å². The van der Waals surface area contributed by atoms with Crippen LogP contribution in [0, 0.1) is 19.8 Å². The Kier molecular flexibility index (Phi) is 8.66. The van der Waals surface area contributed by atoms with Crippen LogP contribution in [0.25, 0.3) is 0 Å². The van der Waals surface area contributed by atoms with E-state index in [-0.39, 0.29) is 12.0 Å². The molecule has 120 valence electrons. The van der Waals surface area contributed by atoms with E-state index in [2.05, 4.69) is 0 Å². The van der Waals surface area contributed by atoms with E-state index < -0.39 is 12.0 Å². The Hall–Kier alpha value is -1.59. The van der Waals surface area contributed by atoms with Gasteiger partial charge in [0.15, 0.2) is 0 Å². The number of carboxylic acid groups (broad SMARTS) is 1. The molecule has 0 aliphatic rings. The zero-order valence-corrected chi connectivity index (χ0v) is 13.6. The van der Waals surface area contributed by atoms with Gasteiger partial charge in [-0.2, -0.15) is 0 Å². The van der Waals surface area contributed by atoms with Crippen LogP contribution >= 0.6 is 0 Å². The van der Waals surface area contributed by atoms with Gasteiger partial charge in [0.25, 0.3) is 0 Å². The number of hydrogen-bond donors (Lipinski definition) is 3. The van der Waals surface area contributed by atoms with Crippen LogP contribution in [0.2, 0.25) is 0 Å². The highest BCUT2D eigenvalue weighted by Gasteiger charge is 2.14.